The molecule has 10 heteroatoms. The van der Waals surface area contributed by atoms with E-state index in [0.29, 0.717) is 13.0 Å². The highest BCUT2D eigenvalue weighted by molar-refractivity contribution is 6.48. The molecule has 0 aromatic carbocycles. The van der Waals surface area contributed by atoms with Gasteiger partial charge in [-0.3, -0.25) is 9.69 Å². The van der Waals surface area contributed by atoms with Crippen molar-refractivity contribution in [1.29, 1.82) is 0 Å². The number of imide groups is 1. The lowest BCUT2D eigenvalue weighted by atomic mass is 9.77. The number of rotatable bonds is 4. The van der Waals surface area contributed by atoms with Gasteiger partial charge < -0.3 is 19.0 Å². The summed E-state index contributed by atoms with van der Waals surface area (Å²) in [5.41, 5.74) is -3.07. The summed E-state index contributed by atoms with van der Waals surface area (Å²) in [6.45, 7) is 21.2. The van der Waals surface area contributed by atoms with Gasteiger partial charge in [-0.05, 0) is 72.4 Å². The lowest BCUT2D eigenvalue weighted by Gasteiger charge is -2.44. The Labute approximate surface area is 212 Å². The fraction of sp³-hybridized carbons (Fsp3) is 0.880. The second-order valence-electron chi connectivity index (χ2n) is 13.2. The second kappa shape index (κ2) is 10.0. The van der Waals surface area contributed by atoms with Crippen LogP contribution in [0.3, 0.4) is 0 Å². The zero-order valence-electron chi connectivity index (χ0n) is 23.4. The lowest BCUT2D eigenvalue weighted by Crippen LogP contribution is -2.62. The summed E-state index contributed by atoms with van der Waals surface area (Å²) < 4.78 is 17.6. The van der Waals surface area contributed by atoms with E-state index in [1.54, 1.807) is 41.5 Å². The van der Waals surface area contributed by atoms with Gasteiger partial charge in [-0.1, -0.05) is 20.8 Å². The molecule has 4 atom stereocenters. The maximum Gasteiger partial charge on any atom is 0.417 e. The zero-order chi connectivity index (χ0) is 27.1. The Balaban J connectivity index is 2.46. The first-order valence-corrected chi connectivity index (χ1v) is 15.4. The number of aliphatic hydroxyl groups excluding tert-OH is 1. The number of aliphatic hydroxyl groups is 1. The molecule has 3 amide bonds. The van der Waals surface area contributed by atoms with Crippen LogP contribution in [0.4, 0.5) is 9.59 Å². The Morgan fingerprint density at radius 2 is 1.51 bits per heavy atom. The summed E-state index contributed by atoms with van der Waals surface area (Å²) in [4.78, 5) is 41.9. The Bertz CT molecular complexity index is 812. The molecule has 2 aliphatic heterocycles. The van der Waals surface area contributed by atoms with Crippen molar-refractivity contribution in [3.63, 3.8) is 0 Å². The van der Waals surface area contributed by atoms with Crippen LogP contribution in [0.5, 0.6) is 0 Å². The van der Waals surface area contributed by atoms with Gasteiger partial charge in [0, 0.05) is 19.5 Å². The monoisotopic (exact) mass is 514 g/mol. The van der Waals surface area contributed by atoms with E-state index in [1.807, 2.05) is 13.1 Å². The van der Waals surface area contributed by atoms with E-state index < -0.39 is 56.1 Å². The molecule has 35 heavy (non-hydrogen) atoms. The highest BCUT2D eigenvalue weighted by Gasteiger charge is 2.60. The van der Waals surface area contributed by atoms with Gasteiger partial charge in [0.2, 0.25) is 5.91 Å². The Kier molecular flexibility index (Phi) is 8.46. The first kappa shape index (κ1) is 29.6. The average molecular weight is 515 g/mol. The molecule has 2 unspecified atom stereocenters. The quantitative estimate of drug-likeness (QED) is 0.562. The van der Waals surface area contributed by atoms with Crippen molar-refractivity contribution in [1.82, 2.24) is 9.80 Å². The molecular formula is C25H46N2O7Si. The Morgan fingerprint density at radius 1 is 1.00 bits per heavy atom. The molecule has 202 valence electrons. The van der Waals surface area contributed by atoms with Crippen molar-refractivity contribution >= 4 is 27.1 Å². The molecule has 2 heterocycles. The smallest absolute Gasteiger partial charge is 0.417 e. The number of amides is 3. The van der Waals surface area contributed by atoms with Gasteiger partial charge in [-0.15, -0.1) is 0 Å². The number of hydrogen-bond acceptors (Lipinski definition) is 7. The molecule has 0 radical (unpaired) electrons. The third-order valence-corrected chi connectivity index (χ3v) is 7.26. The van der Waals surface area contributed by atoms with Crippen LogP contribution < -0.4 is 0 Å². The molecule has 1 N–H and O–H groups in total. The maximum atomic E-state index is 13.4. The van der Waals surface area contributed by atoms with Crippen molar-refractivity contribution < 1.29 is 33.4 Å². The van der Waals surface area contributed by atoms with Crippen LogP contribution >= 0.6 is 0 Å². The number of carbonyl (C=O) groups is 3. The van der Waals surface area contributed by atoms with Crippen LogP contribution in [-0.2, 0) is 18.7 Å². The summed E-state index contributed by atoms with van der Waals surface area (Å²) in [5, 5.41) is 11.8. The Morgan fingerprint density at radius 3 is 1.97 bits per heavy atom. The molecule has 2 fully saturated rings. The van der Waals surface area contributed by atoms with Crippen LogP contribution in [0.15, 0.2) is 0 Å². The molecule has 0 spiro atoms. The van der Waals surface area contributed by atoms with Crippen LogP contribution in [-0.4, -0.2) is 78.2 Å². The molecule has 0 aliphatic carbocycles. The summed E-state index contributed by atoms with van der Waals surface area (Å²) in [7, 11) is -1.81. The van der Waals surface area contributed by atoms with Gasteiger partial charge in [-0.25, -0.2) is 14.5 Å². The topological polar surface area (TPSA) is 106 Å². The summed E-state index contributed by atoms with van der Waals surface area (Å²) in [6.07, 6.45) is -2.00. The van der Waals surface area contributed by atoms with E-state index in [0.717, 1.165) is 4.90 Å². The van der Waals surface area contributed by atoms with Crippen LogP contribution in [0.1, 0.15) is 75.2 Å². The van der Waals surface area contributed by atoms with Crippen LogP contribution in [0.2, 0.25) is 13.1 Å². The number of hydrogen-bond donors (Lipinski definition) is 1. The van der Waals surface area contributed by atoms with Crippen LogP contribution in [0.25, 0.3) is 0 Å². The molecule has 2 aliphatic rings. The van der Waals surface area contributed by atoms with Crippen molar-refractivity contribution in [3.8, 4) is 0 Å². The fourth-order valence-electron chi connectivity index (χ4n) is 4.71. The third kappa shape index (κ3) is 6.98. The van der Waals surface area contributed by atoms with Gasteiger partial charge in [0.05, 0.1) is 5.92 Å². The zero-order valence-corrected chi connectivity index (χ0v) is 24.6. The third-order valence-electron chi connectivity index (χ3n) is 6.38. The van der Waals surface area contributed by atoms with Gasteiger partial charge in [0.1, 0.15) is 17.3 Å². The molecule has 9 nitrogen and oxygen atoms in total. The molecule has 0 aromatic heterocycles. The maximum absolute atomic E-state index is 13.4. The van der Waals surface area contributed by atoms with E-state index in [9.17, 15) is 19.5 Å². The second-order valence-corrected chi connectivity index (χ2v) is 15.5. The van der Waals surface area contributed by atoms with Crippen molar-refractivity contribution in [2.24, 2.45) is 17.3 Å². The summed E-state index contributed by atoms with van der Waals surface area (Å²) in [5.74, 6) is -1.40. The molecular weight excluding hydrogens is 468 g/mol. The molecule has 0 saturated carbocycles. The van der Waals surface area contributed by atoms with E-state index in [2.05, 4.69) is 20.8 Å². The number of carbonyl (C=O) groups excluding carboxylic acids is 3. The minimum atomic E-state index is -1.81. The standard InChI is InChI=1S/C25H46N2O7Si/c1-22(2,3)16-14-25(34-35(10)11,27(15-16)21(31)33-24(7,8)9)18(28)17-12-13-26(19(17)29)20(30)32-23(4,5)6/h16-18,28,35H,12-15H2,1-11H3/t16-,17?,18?,25-/m0/s1. The number of likely N-dealkylation sites (tertiary alicyclic amines) is 2. The average Bonchev–Trinajstić information content (AvgIpc) is 3.19. The first-order chi connectivity index (χ1) is 15.7. The van der Waals surface area contributed by atoms with Crippen molar-refractivity contribution in [2.75, 3.05) is 13.1 Å². The fourth-order valence-corrected chi connectivity index (χ4v) is 5.89. The van der Waals surface area contributed by atoms with Gasteiger partial charge >= 0.3 is 12.2 Å². The van der Waals surface area contributed by atoms with Gasteiger partial charge in [-0.2, -0.15) is 0 Å². The van der Waals surface area contributed by atoms with E-state index >= 15 is 0 Å². The minimum absolute atomic E-state index is 0.0101. The molecule has 0 bridgehead atoms. The molecule has 2 saturated heterocycles. The van der Waals surface area contributed by atoms with E-state index in [1.165, 1.54) is 4.90 Å². The van der Waals surface area contributed by atoms with E-state index in [4.69, 9.17) is 13.9 Å². The molecule has 2 rings (SSSR count). The van der Waals surface area contributed by atoms with Crippen molar-refractivity contribution in [2.45, 2.75) is 111 Å². The highest BCUT2D eigenvalue weighted by Crippen LogP contribution is 2.48. The SMILES string of the molecule is C[SiH](C)O[C@]1(C(O)C2CCN(C(=O)OC(C)(C)C)C2=O)C[C@H](C(C)(C)C)CN1C(=O)OC(C)(C)C. The van der Waals surface area contributed by atoms with Crippen LogP contribution in [0, 0.1) is 17.3 Å². The summed E-state index contributed by atoms with van der Waals surface area (Å²) in [6, 6.07) is 0. The minimum Gasteiger partial charge on any atom is -0.444 e. The lowest BCUT2D eigenvalue weighted by molar-refractivity contribution is -0.165. The van der Waals surface area contributed by atoms with Crippen molar-refractivity contribution in [3.05, 3.63) is 0 Å². The summed E-state index contributed by atoms with van der Waals surface area (Å²) >= 11 is 0. The normalized spacial score (nSPS) is 26.9. The van der Waals surface area contributed by atoms with E-state index in [-0.39, 0.29) is 24.3 Å². The van der Waals surface area contributed by atoms with Gasteiger partial charge in [0.25, 0.3) is 0 Å². The predicted octanol–water partition coefficient (Wildman–Crippen LogP) is 4.13. The van der Waals surface area contributed by atoms with Gasteiger partial charge in [0.15, 0.2) is 14.8 Å². The predicted molar refractivity (Wildman–Crippen MR) is 135 cm³/mol. The Hall–Kier alpha value is -1.65. The number of ether oxygens (including phenoxy) is 2. The first-order valence-electron chi connectivity index (χ1n) is 12.6. The highest BCUT2D eigenvalue weighted by atomic mass is 28.3. The largest absolute Gasteiger partial charge is 0.444 e. The number of nitrogens with zero attached hydrogens (tertiary/aromatic N) is 2. The molecule has 0 aromatic rings.